The van der Waals surface area contributed by atoms with Crippen molar-refractivity contribution in [2.75, 3.05) is 42.1 Å². The normalized spacial score (nSPS) is 10.9. The highest BCUT2D eigenvalue weighted by Crippen LogP contribution is 2.27. The second-order valence-electron chi connectivity index (χ2n) is 8.54. The van der Waals surface area contributed by atoms with Crippen LogP contribution in [-0.2, 0) is 0 Å². The van der Waals surface area contributed by atoms with Crippen molar-refractivity contribution >= 4 is 46.0 Å². The predicted octanol–water partition coefficient (Wildman–Crippen LogP) is 5.25. The summed E-state index contributed by atoms with van der Waals surface area (Å²) in [5.74, 6) is 0.458. The number of halogens is 1. The molecule has 4 N–H and O–H groups in total. The van der Waals surface area contributed by atoms with E-state index in [0.717, 1.165) is 37.1 Å². The van der Waals surface area contributed by atoms with Gasteiger partial charge in [0.05, 0.1) is 5.52 Å². The third kappa shape index (κ3) is 6.83. The number of benzene rings is 2. The first-order valence-electron chi connectivity index (χ1n) is 12.5. The van der Waals surface area contributed by atoms with E-state index < -0.39 is 0 Å². The van der Waals surface area contributed by atoms with Crippen LogP contribution >= 0.6 is 0 Å². The lowest BCUT2D eigenvalue weighted by atomic mass is 10.2. The van der Waals surface area contributed by atoms with E-state index in [-0.39, 0.29) is 17.9 Å². The van der Waals surface area contributed by atoms with Crippen LogP contribution in [0.15, 0.2) is 67.1 Å². The van der Waals surface area contributed by atoms with Crippen LogP contribution < -0.4 is 21.3 Å². The van der Waals surface area contributed by atoms with E-state index >= 15 is 0 Å². The molecule has 2 heterocycles. The molecule has 0 radical (unpaired) electrons. The molecule has 0 aliphatic rings. The Balaban J connectivity index is 1.39. The van der Waals surface area contributed by atoms with Crippen LogP contribution in [0.1, 0.15) is 20.3 Å². The van der Waals surface area contributed by atoms with Gasteiger partial charge in [-0.2, -0.15) is 0 Å². The lowest BCUT2D eigenvalue weighted by Crippen LogP contribution is -2.32. The molecular weight excluding hydrogens is 487 g/mol. The van der Waals surface area contributed by atoms with Gasteiger partial charge in [-0.25, -0.2) is 23.9 Å². The van der Waals surface area contributed by atoms with Crippen LogP contribution in [0.5, 0.6) is 0 Å². The zero-order chi connectivity index (χ0) is 26.9. The summed E-state index contributed by atoms with van der Waals surface area (Å²) < 4.78 is 14.6. The number of rotatable bonds is 10. The maximum atomic E-state index is 13.2. The van der Waals surface area contributed by atoms with Gasteiger partial charge < -0.3 is 20.9 Å². The standard InChI is InChI=1S/C27H31FN8O2/c1-3-35(4-2)15-6-14-29-26(37)34-25-17-24(30-18-31-25)33-22-7-5-8-23-21(22)13-16-36(23)27(38)32-20-11-9-19(28)10-12-20/h5,7-13,16-18H,3-4,6,14-15H2,1-2H3,(H,32,38)(H3,29,30,31,33,34,37). The highest BCUT2D eigenvalue weighted by Gasteiger charge is 2.13. The molecule has 0 aliphatic carbocycles. The summed E-state index contributed by atoms with van der Waals surface area (Å²) in [4.78, 5) is 35.8. The summed E-state index contributed by atoms with van der Waals surface area (Å²) >= 11 is 0. The molecule has 0 fully saturated rings. The summed E-state index contributed by atoms with van der Waals surface area (Å²) in [6.07, 6.45) is 3.88. The lowest BCUT2D eigenvalue weighted by molar-refractivity contribution is 0.250. The van der Waals surface area contributed by atoms with Gasteiger partial charge in [-0.15, -0.1) is 0 Å². The molecule has 4 rings (SSSR count). The van der Waals surface area contributed by atoms with Gasteiger partial charge in [-0.3, -0.25) is 9.88 Å². The fourth-order valence-corrected chi connectivity index (χ4v) is 4.01. The quantitative estimate of drug-likeness (QED) is 0.213. The summed E-state index contributed by atoms with van der Waals surface area (Å²) in [5.41, 5.74) is 1.88. The number of nitrogens with zero attached hydrogens (tertiary/aromatic N) is 4. The van der Waals surface area contributed by atoms with Crippen molar-refractivity contribution in [1.82, 2.24) is 24.8 Å². The van der Waals surface area contributed by atoms with Gasteiger partial charge in [0.1, 0.15) is 23.8 Å². The van der Waals surface area contributed by atoms with Crippen LogP contribution in [0.4, 0.5) is 37.0 Å². The SMILES string of the molecule is CCN(CC)CCCNC(=O)Nc1cc(Nc2cccc3c2ccn3C(=O)Nc2ccc(F)cc2)ncn1. The van der Waals surface area contributed by atoms with Crippen molar-refractivity contribution in [3.05, 3.63) is 72.9 Å². The average molecular weight is 519 g/mol. The number of hydrogen-bond acceptors (Lipinski definition) is 6. The maximum absolute atomic E-state index is 13.2. The molecule has 38 heavy (non-hydrogen) atoms. The molecule has 0 saturated carbocycles. The lowest BCUT2D eigenvalue weighted by Gasteiger charge is -2.17. The molecular formula is C27H31FN8O2. The number of urea groups is 1. The molecule has 10 nitrogen and oxygen atoms in total. The molecule has 0 bridgehead atoms. The molecule has 2 aromatic carbocycles. The number of amides is 3. The Labute approximate surface area is 220 Å². The summed E-state index contributed by atoms with van der Waals surface area (Å²) in [7, 11) is 0. The molecule has 0 spiro atoms. The van der Waals surface area contributed by atoms with E-state index in [1.807, 2.05) is 24.3 Å². The Hall–Kier alpha value is -4.51. The molecule has 0 unspecified atom stereocenters. The third-order valence-electron chi connectivity index (χ3n) is 6.05. The fraction of sp³-hybridized carbons (Fsp3) is 0.259. The first-order chi connectivity index (χ1) is 18.5. The minimum Gasteiger partial charge on any atom is -0.340 e. The second kappa shape index (κ2) is 12.6. The average Bonchev–Trinajstić information content (AvgIpc) is 3.36. The molecule has 0 saturated heterocycles. The van der Waals surface area contributed by atoms with E-state index in [1.165, 1.54) is 35.2 Å². The number of carbonyl (C=O) groups is 2. The van der Waals surface area contributed by atoms with Gasteiger partial charge in [0.15, 0.2) is 0 Å². The van der Waals surface area contributed by atoms with E-state index in [1.54, 1.807) is 12.3 Å². The Bertz CT molecular complexity index is 1390. The van der Waals surface area contributed by atoms with Gasteiger partial charge in [0.25, 0.3) is 0 Å². The maximum Gasteiger partial charge on any atom is 0.330 e. The van der Waals surface area contributed by atoms with Crippen LogP contribution in [0.2, 0.25) is 0 Å². The summed E-state index contributed by atoms with van der Waals surface area (Å²) in [6, 6.07) is 13.8. The highest BCUT2D eigenvalue weighted by molar-refractivity contribution is 6.02. The van der Waals surface area contributed by atoms with E-state index in [2.05, 4.69) is 50.0 Å². The molecule has 0 aliphatic heterocycles. The van der Waals surface area contributed by atoms with Gasteiger partial charge in [-0.05, 0) is 68.5 Å². The van der Waals surface area contributed by atoms with Gasteiger partial charge in [0.2, 0.25) is 0 Å². The topological polar surface area (TPSA) is 116 Å². The Morgan fingerprint density at radius 2 is 1.74 bits per heavy atom. The van der Waals surface area contributed by atoms with Crippen molar-refractivity contribution in [1.29, 1.82) is 0 Å². The highest BCUT2D eigenvalue weighted by atomic mass is 19.1. The number of hydrogen-bond donors (Lipinski definition) is 4. The zero-order valence-corrected chi connectivity index (χ0v) is 21.4. The first kappa shape index (κ1) is 26.6. The second-order valence-corrected chi connectivity index (χ2v) is 8.54. The summed E-state index contributed by atoms with van der Waals surface area (Å²) in [6.45, 7) is 7.70. The largest absolute Gasteiger partial charge is 0.340 e. The van der Waals surface area contributed by atoms with Crippen LogP contribution in [0.3, 0.4) is 0 Å². The van der Waals surface area contributed by atoms with E-state index in [4.69, 9.17) is 0 Å². The van der Waals surface area contributed by atoms with Gasteiger partial charge in [-0.1, -0.05) is 19.9 Å². The Morgan fingerprint density at radius 3 is 2.50 bits per heavy atom. The molecule has 11 heteroatoms. The minimum atomic E-state index is -0.375. The van der Waals surface area contributed by atoms with Crippen LogP contribution in [-0.4, -0.2) is 57.7 Å². The van der Waals surface area contributed by atoms with Gasteiger partial charge in [0, 0.05) is 35.6 Å². The first-order valence-corrected chi connectivity index (χ1v) is 12.5. The molecule has 0 atom stereocenters. The number of fused-ring (bicyclic) bond motifs is 1. The molecule has 4 aromatic rings. The van der Waals surface area contributed by atoms with Crippen LogP contribution in [0, 0.1) is 5.82 Å². The minimum absolute atomic E-state index is 0.333. The predicted molar refractivity (Wildman–Crippen MR) is 147 cm³/mol. The van der Waals surface area contributed by atoms with E-state index in [0.29, 0.717) is 29.4 Å². The molecule has 3 amide bonds. The summed E-state index contributed by atoms with van der Waals surface area (Å²) in [5, 5.41) is 12.4. The van der Waals surface area contributed by atoms with Gasteiger partial charge >= 0.3 is 12.1 Å². The monoisotopic (exact) mass is 518 g/mol. The molecule has 198 valence electrons. The Kier molecular flexibility index (Phi) is 8.83. The van der Waals surface area contributed by atoms with E-state index in [9.17, 15) is 14.0 Å². The smallest absolute Gasteiger partial charge is 0.330 e. The number of nitrogens with one attached hydrogen (secondary N) is 4. The van der Waals surface area contributed by atoms with Crippen LogP contribution in [0.25, 0.3) is 10.9 Å². The Morgan fingerprint density at radius 1 is 0.974 bits per heavy atom. The number of anilines is 4. The van der Waals surface area contributed by atoms with Crippen molar-refractivity contribution in [3.63, 3.8) is 0 Å². The van der Waals surface area contributed by atoms with Crippen molar-refractivity contribution < 1.29 is 14.0 Å². The third-order valence-corrected chi connectivity index (χ3v) is 6.05. The number of aromatic nitrogens is 3. The van der Waals surface area contributed by atoms with Crippen molar-refractivity contribution in [3.8, 4) is 0 Å². The van der Waals surface area contributed by atoms with Crippen molar-refractivity contribution in [2.45, 2.75) is 20.3 Å². The fourth-order valence-electron chi connectivity index (χ4n) is 4.01. The van der Waals surface area contributed by atoms with Crippen molar-refractivity contribution in [2.24, 2.45) is 0 Å². The molecule has 2 aromatic heterocycles. The zero-order valence-electron chi connectivity index (χ0n) is 21.4. The number of carbonyl (C=O) groups excluding carboxylic acids is 2.